The third-order valence-corrected chi connectivity index (χ3v) is 2.59. The van der Waals surface area contributed by atoms with Gasteiger partial charge < -0.3 is 9.84 Å². The standard InChI is InChI=1S/C13H11ClO2/c1-16-11-5-2-9(3-6-11)12-8-10(14)4-7-13(12)15/h2-8,15H,1H3. The van der Waals surface area contributed by atoms with Crippen molar-refractivity contribution >= 4 is 11.6 Å². The smallest absolute Gasteiger partial charge is 0.123 e. The molecule has 0 aliphatic heterocycles. The van der Waals surface area contributed by atoms with E-state index >= 15 is 0 Å². The number of hydrogen-bond acceptors (Lipinski definition) is 2. The van der Waals surface area contributed by atoms with Gasteiger partial charge in [0.15, 0.2) is 0 Å². The fourth-order valence-electron chi connectivity index (χ4n) is 1.51. The lowest BCUT2D eigenvalue weighted by Crippen LogP contribution is -1.83. The molecule has 0 aliphatic carbocycles. The van der Waals surface area contributed by atoms with E-state index in [0.29, 0.717) is 5.02 Å². The average Bonchev–Trinajstić information content (AvgIpc) is 2.32. The molecule has 2 rings (SSSR count). The molecule has 0 aromatic heterocycles. The second kappa shape index (κ2) is 4.45. The van der Waals surface area contributed by atoms with Crippen molar-refractivity contribution < 1.29 is 9.84 Å². The fraction of sp³-hybridized carbons (Fsp3) is 0.0769. The van der Waals surface area contributed by atoms with Gasteiger partial charge in [0.25, 0.3) is 0 Å². The highest BCUT2D eigenvalue weighted by Crippen LogP contribution is 2.32. The van der Waals surface area contributed by atoms with Crippen LogP contribution in [0.3, 0.4) is 0 Å². The van der Waals surface area contributed by atoms with E-state index in [1.807, 2.05) is 24.3 Å². The van der Waals surface area contributed by atoms with Crippen LogP contribution in [-0.4, -0.2) is 12.2 Å². The van der Waals surface area contributed by atoms with Crippen molar-refractivity contribution in [1.82, 2.24) is 0 Å². The first kappa shape index (κ1) is 10.8. The lowest BCUT2D eigenvalue weighted by molar-refractivity contribution is 0.415. The van der Waals surface area contributed by atoms with Crippen LogP contribution in [-0.2, 0) is 0 Å². The summed E-state index contributed by atoms with van der Waals surface area (Å²) in [6.45, 7) is 0. The Hall–Kier alpha value is -1.67. The zero-order valence-corrected chi connectivity index (χ0v) is 9.53. The summed E-state index contributed by atoms with van der Waals surface area (Å²) < 4.78 is 5.07. The zero-order chi connectivity index (χ0) is 11.5. The van der Waals surface area contributed by atoms with Crippen molar-refractivity contribution in [3.8, 4) is 22.6 Å². The summed E-state index contributed by atoms with van der Waals surface area (Å²) in [7, 11) is 1.62. The Bertz CT molecular complexity index is 492. The number of halogens is 1. The first-order valence-corrected chi connectivity index (χ1v) is 5.21. The maximum atomic E-state index is 9.72. The topological polar surface area (TPSA) is 29.5 Å². The molecule has 0 fully saturated rings. The number of benzene rings is 2. The van der Waals surface area contributed by atoms with Crippen molar-refractivity contribution in [1.29, 1.82) is 0 Å². The number of hydrogen-bond donors (Lipinski definition) is 1. The molecule has 1 N–H and O–H groups in total. The van der Waals surface area contributed by atoms with Crippen LogP contribution >= 0.6 is 11.6 Å². The Morgan fingerprint density at radius 3 is 2.38 bits per heavy atom. The molecule has 0 aliphatic rings. The third-order valence-electron chi connectivity index (χ3n) is 2.36. The van der Waals surface area contributed by atoms with Crippen LogP contribution in [0.25, 0.3) is 11.1 Å². The minimum Gasteiger partial charge on any atom is -0.507 e. The predicted octanol–water partition coefficient (Wildman–Crippen LogP) is 3.72. The molecule has 0 radical (unpaired) electrons. The molecule has 0 saturated heterocycles. The lowest BCUT2D eigenvalue weighted by Gasteiger charge is -2.06. The maximum absolute atomic E-state index is 9.72. The van der Waals surface area contributed by atoms with Gasteiger partial charge in [-0.1, -0.05) is 23.7 Å². The second-order valence-corrected chi connectivity index (χ2v) is 3.83. The largest absolute Gasteiger partial charge is 0.507 e. The van der Waals surface area contributed by atoms with Gasteiger partial charge in [-0.3, -0.25) is 0 Å². The molecule has 0 spiro atoms. The zero-order valence-electron chi connectivity index (χ0n) is 8.77. The van der Waals surface area contributed by atoms with Crippen molar-refractivity contribution in [3.05, 3.63) is 47.5 Å². The summed E-state index contributed by atoms with van der Waals surface area (Å²) in [5.74, 6) is 1.000. The van der Waals surface area contributed by atoms with Crippen molar-refractivity contribution in [3.63, 3.8) is 0 Å². The van der Waals surface area contributed by atoms with Gasteiger partial charge in [-0.2, -0.15) is 0 Å². The summed E-state index contributed by atoms with van der Waals surface area (Å²) >= 11 is 5.89. The SMILES string of the molecule is COc1ccc(-c2cc(Cl)ccc2O)cc1. The van der Waals surface area contributed by atoms with Gasteiger partial charge in [0.1, 0.15) is 11.5 Å². The van der Waals surface area contributed by atoms with Crippen molar-refractivity contribution in [2.45, 2.75) is 0 Å². The molecular weight excluding hydrogens is 224 g/mol. The fourth-order valence-corrected chi connectivity index (χ4v) is 1.68. The number of rotatable bonds is 2. The van der Waals surface area contributed by atoms with E-state index in [1.165, 1.54) is 0 Å². The van der Waals surface area contributed by atoms with Gasteiger partial charge in [0.05, 0.1) is 7.11 Å². The Labute approximate surface area is 99.1 Å². The molecule has 0 unspecified atom stereocenters. The minimum absolute atomic E-state index is 0.217. The first-order valence-electron chi connectivity index (χ1n) is 4.83. The molecule has 16 heavy (non-hydrogen) atoms. The van der Waals surface area contributed by atoms with E-state index in [2.05, 4.69) is 0 Å². The minimum atomic E-state index is 0.217. The van der Waals surface area contributed by atoms with Gasteiger partial charge in [-0.25, -0.2) is 0 Å². The van der Waals surface area contributed by atoms with Gasteiger partial charge in [-0.15, -0.1) is 0 Å². The Morgan fingerprint density at radius 1 is 1.06 bits per heavy atom. The lowest BCUT2D eigenvalue weighted by atomic mass is 10.0. The highest BCUT2D eigenvalue weighted by molar-refractivity contribution is 6.31. The molecular formula is C13H11ClO2. The van der Waals surface area contributed by atoms with E-state index in [1.54, 1.807) is 25.3 Å². The summed E-state index contributed by atoms with van der Waals surface area (Å²) in [4.78, 5) is 0. The van der Waals surface area contributed by atoms with Crippen LogP contribution in [0.5, 0.6) is 11.5 Å². The summed E-state index contributed by atoms with van der Waals surface area (Å²) in [6.07, 6.45) is 0. The molecule has 82 valence electrons. The summed E-state index contributed by atoms with van der Waals surface area (Å²) in [5.41, 5.74) is 1.62. The van der Waals surface area contributed by atoms with Crippen LogP contribution in [0.4, 0.5) is 0 Å². The second-order valence-electron chi connectivity index (χ2n) is 3.39. The average molecular weight is 235 g/mol. The highest BCUT2D eigenvalue weighted by Gasteiger charge is 2.04. The predicted molar refractivity (Wildman–Crippen MR) is 65.1 cm³/mol. The van der Waals surface area contributed by atoms with Gasteiger partial charge in [0.2, 0.25) is 0 Å². The molecule has 0 atom stereocenters. The monoisotopic (exact) mass is 234 g/mol. The van der Waals surface area contributed by atoms with Gasteiger partial charge >= 0.3 is 0 Å². The molecule has 2 aromatic rings. The Balaban J connectivity index is 2.45. The van der Waals surface area contributed by atoms with Crippen LogP contribution in [0, 0.1) is 0 Å². The van der Waals surface area contributed by atoms with Crippen LogP contribution in [0.2, 0.25) is 5.02 Å². The highest BCUT2D eigenvalue weighted by atomic mass is 35.5. The molecule has 0 amide bonds. The summed E-state index contributed by atoms with van der Waals surface area (Å²) in [5, 5.41) is 10.3. The number of phenolic OH excluding ortho intramolecular Hbond substituents is 1. The molecule has 2 aromatic carbocycles. The number of aromatic hydroxyl groups is 1. The molecule has 0 saturated carbocycles. The quantitative estimate of drug-likeness (QED) is 0.858. The summed E-state index contributed by atoms with van der Waals surface area (Å²) in [6, 6.07) is 12.4. The first-order chi connectivity index (χ1) is 7.70. The van der Waals surface area contributed by atoms with Gasteiger partial charge in [0, 0.05) is 10.6 Å². The van der Waals surface area contributed by atoms with Crippen molar-refractivity contribution in [2.24, 2.45) is 0 Å². The normalized spacial score (nSPS) is 10.1. The Kier molecular flexibility index (Phi) is 3.02. The number of methoxy groups -OCH3 is 1. The van der Waals surface area contributed by atoms with E-state index < -0.39 is 0 Å². The molecule has 2 nitrogen and oxygen atoms in total. The van der Waals surface area contributed by atoms with E-state index in [-0.39, 0.29) is 5.75 Å². The maximum Gasteiger partial charge on any atom is 0.123 e. The van der Waals surface area contributed by atoms with E-state index in [4.69, 9.17) is 16.3 Å². The number of phenols is 1. The van der Waals surface area contributed by atoms with Crippen LogP contribution < -0.4 is 4.74 Å². The third kappa shape index (κ3) is 2.12. The van der Waals surface area contributed by atoms with Gasteiger partial charge in [-0.05, 0) is 35.9 Å². The van der Waals surface area contributed by atoms with Crippen molar-refractivity contribution in [2.75, 3.05) is 7.11 Å². The van der Waals surface area contributed by atoms with Crippen LogP contribution in [0.1, 0.15) is 0 Å². The molecule has 0 bridgehead atoms. The number of ether oxygens (including phenoxy) is 1. The van der Waals surface area contributed by atoms with E-state index in [9.17, 15) is 5.11 Å². The molecule has 3 heteroatoms. The molecule has 0 heterocycles. The van der Waals surface area contributed by atoms with E-state index in [0.717, 1.165) is 16.9 Å². The van der Waals surface area contributed by atoms with Crippen LogP contribution in [0.15, 0.2) is 42.5 Å². The Morgan fingerprint density at radius 2 is 1.75 bits per heavy atom.